The van der Waals surface area contributed by atoms with Gasteiger partial charge in [-0.15, -0.1) is 11.3 Å². The van der Waals surface area contributed by atoms with E-state index in [4.69, 9.17) is 0 Å². The van der Waals surface area contributed by atoms with E-state index in [0.29, 0.717) is 11.8 Å². The molecule has 2 aromatic rings. The van der Waals surface area contributed by atoms with E-state index in [1.165, 1.54) is 11.3 Å². The number of hydrogen-bond acceptors (Lipinski definition) is 7. The largest absolute Gasteiger partial charge is 0.394 e. The summed E-state index contributed by atoms with van der Waals surface area (Å²) in [5, 5.41) is 27.9. The van der Waals surface area contributed by atoms with Crippen molar-refractivity contribution in [2.24, 2.45) is 0 Å². The van der Waals surface area contributed by atoms with Crippen molar-refractivity contribution < 1.29 is 10.2 Å². The quantitative estimate of drug-likeness (QED) is 0.621. The zero-order chi connectivity index (χ0) is 14.6. The summed E-state index contributed by atoms with van der Waals surface area (Å²) in [5.41, 5.74) is -0.814. The lowest BCUT2D eigenvalue weighted by molar-refractivity contribution is 0.147. The first kappa shape index (κ1) is 15.0. The van der Waals surface area contributed by atoms with Gasteiger partial charge in [-0.25, -0.2) is 4.98 Å². The van der Waals surface area contributed by atoms with Crippen LogP contribution in [0.4, 0.5) is 11.8 Å². The highest BCUT2D eigenvalue weighted by Gasteiger charge is 2.24. The van der Waals surface area contributed by atoms with Gasteiger partial charge in [0.15, 0.2) is 0 Å². The number of nitrogens with one attached hydrogen (secondary N) is 2. The van der Waals surface area contributed by atoms with Crippen molar-refractivity contribution in [3.8, 4) is 0 Å². The molecule has 20 heavy (non-hydrogen) atoms. The number of fused-ring (bicyclic) bond motifs is 1. The molecule has 0 amide bonds. The fourth-order valence-corrected chi connectivity index (χ4v) is 2.45. The third kappa shape index (κ3) is 3.17. The Morgan fingerprint density at radius 1 is 1.30 bits per heavy atom. The second-order valence-electron chi connectivity index (χ2n) is 4.96. The fraction of sp³-hybridized carbons (Fsp3) is 0.538. The van der Waals surface area contributed by atoms with Crippen LogP contribution in [0.1, 0.15) is 20.3 Å². The molecule has 4 N–H and O–H groups in total. The van der Waals surface area contributed by atoms with Crippen LogP contribution in [-0.4, -0.2) is 45.5 Å². The predicted molar refractivity (Wildman–Crippen MR) is 82.4 cm³/mol. The molecule has 0 aliphatic carbocycles. The molecule has 7 heteroatoms. The Labute approximate surface area is 121 Å². The van der Waals surface area contributed by atoms with Gasteiger partial charge in [-0.1, -0.05) is 6.92 Å². The van der Waals surface area contributed by atoms with E-state index in [1.54, 1.807) is 6.92 Å². The number of aromatic nitrogens is 2. The van der Waals surface area contributed by atoms with Gasteiger partial charge in [0, 0.05) is 6.54 Å². The molecule has 2 rings (SSSR count). The molecule has 0 aromatic carbocycles. The molecule has 0 atom stereocenters. The van der Waals surface area contributed by atoms with Gasteiger partial charge in [0.1, 0.15) is 10.6 Å². The van der Waals surface area contributed by atoms with Crippen LogP contribution in [-0.2, 0) is 0 Å². The van der Waals surface area contributed by atoms with Crippen LogP contribution < -0.4 is 10.6 Å². The monoisotopic (exact) mass is 296 g/mol. The lowest BCUT2D eigenvalue weighted by Crippen LogP contribution is -2.42. The Hall–Kier alpha value is -1.44. The summed E-state index contributed by atoms with van der Waals surface area (Å²) in [6.07, 6.45) is 0.986. The number of hydrogen-bond donors (Lipinski definition) is 4. The molecule has 0 bridgehead atoms. The maximum atomic E-state index is 9.40. The van der Waals surface area contributed by atoms with Crippen molar-refractivity contribution in [3.63, 3.8) is 0 Å². The molecule has 6 nitrogen and oxygen atoms in total. The zero-order valence-electron chi connectivity index (χ0n) is 11.7. The van der Waals surface area contributed by atoms with Crippen LogP contribution in [0.2, 0.25) is 0 Å². The van der Waals surface area contributed by atoms with Gasteiger partial charge in [-0.3, -0.25) is 0 Å². The van der Waals surface area contributed by atoms with Crippen LogP contribution in [0.25, 0.3) is 10.2 Å². The highest BCUT2D eigenvalue weighted by atomic mass is 32.1. The fourth-order valence-electron chi connectivity index (χ4n) is 1.68. The van der Waals surface area contributed by atoms with Crippen molar-refractivity contribution in [3.05, 3.63) is 11.4 Å². The Kier molecular flexibility index (Phi) is 4.74. The SMILES string of the molecule is CCCNc1nc(NC(C)(CO)CO)c2ccsc2n1. The molecular weight excluding hydrogens is 276 g/mol. The van der Waals surface area contributed by atoms with Crippen molar-refractivity contribution in [1.29, 1.82) is 0 Å². The van der Waals surface area contributed by atoms with Crippen LogP contribution in [0.5, 0.6) is 0 Å². The number of nitrogens with zero attached hydrogens (tertiary/aromatic N) is 2. The summed E-state index contributed by atoms with van der Waals surface area (Å²) in [6, 6.07) is 1.93. The summed E-state index contributed by atoms with van der Waals surface area (Å²) in [7, 11) is 0. The van der Waals surface area contributed by atoms with Gasteiger partial charge in [0.2, 0.25) is 5.95 Å². The van der Waals surface area contributed by atoms with Crippen molar-refractivity contribution in [2.75, 3.05) is 30.4 Å². The Balaban J connectivity index is 2.36. The molecule has 2 heterocycles. The molecule has 2 aromatic heterocycles. The van der Waals surface area contributed by atoms with Gasteiger partial charge >= 0.3 is 0 Å². The smallest absolute Gasteiger partial charge is 0.226 e. The normalized spacial score (nSPS) is 11.8. The second kappa shape index (κ2) is 6.34. The molecular formula is C13H20N4O2S. The number of anilines is 2. The van der Waals surface area contributed by atoms with E-state index in [1.807, 2.05) is 11.4 Å². The minimum atomic E-state index is -0.814. The first-order chi connectivity index (χ1) is 9.61. The second-order valence-corrected chi connectivity index (χ2v) is 5.86. The molecule has 0 spiro atoms. The van der Waals surface area contributed by atoms with E-state index in [2.05, 4.69) is 27.5 Å². The van der Waals surface area contributed by atoms with E-state index < -0.39 is 5.54 Å². The minimum Gasteiger partial charge on any atom is -0.394 e. The standard InChI is InChI=1S/C13H20N4O2S/c1-3-5-14-12-15-10(17-13(2,7-18)8-19)9-4-6-20-11(9)16-12/h4,6,18-19H,3,5,7-8H2,1-2H3,(H2,14,15,16,17). The first-order valence-electron chi connectivity index (χ1n) is 6.61. The van der Waals surface area contributed by atoms with Gasteiger partial charge in [-0.05, 0) is 24.8 Å². The summed E-state index contributed by atoms with van der Waals surface area (Å²) < 4.78 is 0. The summed E-state index contributed by atoms with van der Waals surface area (Å²) in [4.78, 5) is 9.76. The van der Waals surface area contributed by atoms with Crippen molar-refractivity contribution in [2.45, 2.75) is 25.8 Å². The summed E-state index contributed by atoms with van der Waals surface area (Å²) in [6.45, 7) is 4.25. The van der Waals surface area contributed by atoms with Crippen molar-refractivity contribution in [1.82, 2.24) is 9.97 Å². The number of thiophene rings is 1. The first-order valence-corrected chi connectivity index (χ1v) is 7.49. The lowest BCUT2D eigenvalue weighted by Gasteiger charge is -2.27. The van der Waals surface area contributed by atoms with Crippen LogP contribution in [0, 0.1) is 0 Å². The molecule has 110 valence electrons. The Morgan fingerprint density at radius 3 is 2.70 bits per heavy atom. The molecule has 0 saturated carbocycles. The Morgan fingerprint density at radius 2 is 2.05 bits per heavy atom. The Bertz CT molecular complexity index is 568. The molecule has 0 unspecified atom stereocenters. The highest BCUT2D eigenvalue weighted by Crippen LogP contribution is 2.28. The van der Waals surface area contributed by atoms with E-state index in [0.717, 1.165) is 23.2 Å². The van der Waals surface area contributed by atoms with Gasteiger partial charge in [0.25, 0.3) is 0 Å². The highest BCUT2D eigenvalue weighted by molar-refractivity contribution is 7.16. The number of aliphatic hydroxyl groups excluding tert-OH is 2. The third-order valence-electron chi connectivity index (χ3n) is 2.98. The third-order valence-corrected chi connectivity index (χ3v) is 3.78. The maximum absolute atomic E-state index is 9.40. The van der Waals surface area contributed by atoms with E-state index >= 15 is 0 Å². The topological polar surface area (TPSA) is 90.3 Å². The summed E-state index contributed by atoms with van der Waals surface area (Å²) >= 11 is 1.53. The maximum Gasteiger partial charge on any atom is 0.226 e. The van der Waals surface area contributed by atoms with Crippen LogP contribution >= 0.6 is 11.3 Å². The number of rotatable bonds is 7. The van der Waals surface area contributed by atoms with Gasteiger partial charge < -0.3 is 20.8 Å². The minimum absolute atomic E-state index is 0.184. The van der Waals surface area contributed by atoms with Crippen LogP contribution in [0.3, 0.4) is 0 Å². The van der Waals surface area contributed by atoms with E-state index in [9.17, 15) is 10.2 Å². The molecule has 0 fully saturated rings. The zero-order valence-corrected chi connectivity index (χ0v) is 12.5. The average Bonchev–Trinajstić information content (AvgIpc) is 2.93. The van der Waals surface area contributed by atoms with Crippen molar-refractivity contribution >= 4 is 33.3 Å². The molecule has 0 radical (unpaired) electrons. The van der Waals surface area contributed by atoms with Gasteiger partial charge in [0.05, 0.1) is 24.1 Å². The average molecular weight is 296 g/mol. The molecule has 0 aliphatic rings. The predicted octanol–water partition coefficient (Wildman–Crippen LogP) is 1.67. The van der Waals surface area contributed by atoms with Crippen LogP contribution in [0.15, 0.2) is 11.4 Å². The number of aliphatic hydroxyl groups is 2. The molecule has 0 aliphatic heterocycles. The van der Waals surface area contributed by atoms with E-state index in [-0.39, 0.29) is 13.2 Å². The lowest BCUT2D eigenvalue weighted by atomic mass is 10.1. The molecule has 0 saturated heterocycles. The van der Waals surface area contributed by atoms with Gasteiger partial charge in [-0.2, -0.15) is 4.98 Å². The summed E-state index contributed by atoms with van der Waals surface area (Å²) in [5.74, 6) is 1.18.